The van der Waals surface area contributed by atoms with E-state index in [2.05, 4.69) is 30.4 Å². The summed E-state index contributed by atoms with van der Waals surface area (Å²) < 4.78 is 5.19. The molecule has 3 aromatic carbocycles. The zero-order valence-corrected chi connectivity index (χ0v) is 17.3. The van der Waals surface area contributed by atoms with Gasteiger partial charge in [-0.15, -0.1) is 0 Å². The van der Waals surface area contributed by atoms with Gasteiger partial charge < -0.3 is 15.0 Å². The lowest BCUT2D eigenvalue weighted by Crippen LogP contribution is -2.43. The Balaban J connectivity index is 1.57. The number of fused-ring (bicyclic) bond motifs is 1. The molecule has 0 unspecified atom stereocenters. The number of carbonyl (C=O) groups is 1. The molecule has 0 aromatic heterocycles. The summed E-state index contributed by atoms with van der Waals surface area (Å²) in [6.45, 7) is 2.11. The fourth-order valence-electron chi connectivity index (χ4n) is 3.98. The average Bonchev–Trinajstić information content (AvgIpc) is 2.78. The van der Waals surface area contributed by atoms with Gasteiger partial charge in [0, 0.05) is 23.5 Å². The summed E-state index contributed by atoms with van der Waals surface area (Å²) in [6, 6.07) is 26.3. The van der Waals surface area contributed by atoms with Gasteiger partial charge in [0.05, 0.1) is 13.2 Å². The third-order valence-electron chi connectivity index (χ3n) is 5.48. The summed E-state index contributed by atoms with van der Waals surface area (Å²) in [6.07, 6.45) is 4.35. The van der Waals surface area contributed by atoms with Crippen molar-refractivity contribution in [3.63, 3.8) is 0 Å². The van der Waals surface area contributed by atoms with E-state index in [1.54, 1.807) is 13.2 Å². The third-order valence-corrected chi connectivity index (χ3v) is 5.48. The maximum atomic E-state index is 13.1. The number of nitrogens with one attached hydrogen (secondary N) is 1. The molecule has 4 nitrogen and oxygen atoms in total. The molecule has 1 amide bonds. The zero-order valence-electron chi connectivity index (χ0n) is 17.3. The first-order chi connectivity index (χ1) is 14.7. The number of nitrogens with zero attached hydrogens (tertiary/aromatic N) is 1. The summed E-state index contributed by atoms with van der Waals surface area (Å²) >= 11 is 0. The fraction of sp³-hybridized carbons (Fsp3) is 0.192. The lowest BCUT2D eigenvalue weighted by molar-refractivity contribution is -0.114. The van der Waals surface area contributed by atoms with Crippen LogP contribution in [0.25, 0.3) is 6.08 Å². The highest BCUT2D eigenvalue weighted by molar-refractivity contribution is 6.05. The molecule has 1 N–H and O–H groups in total. The van der Waals surface area contributed by atoms with Crippen LogP contribution in [0.5, 0.6) is 5.75 Å². The van der Waals surface area contributed by atoms with Crippen molar-refractivity contribution in [1.82, 2.24) is 0 Å². The smallest absolute Gasteiger partial charge is 0.251 e. The molecule has 0 fully saturated rings. The number of anilines is 2. The van der Waals surface area contributed by atoms with Crippen molar-refractivity contribution in [1.29, 1.82) is 0 Å². The van der Waals surface area contributed by atoms with Gasteiger partial charge in [0.2, 0.25) is 0 Å². The van der Waals surface area contributed by atoms with Crippen molar-refractivity contribution in [2.24, 2.45) is 0 Å². The van der Waals surface area contributed by atoms with Crippen LogP contribution in [0.15, 0.2) is 84.9 Å². The van der Waals surface area contributed by atoms with E-state index in [0.29, 0.717) is 0 Å². The molecule has 0 saturated carbocycles. The van der Waals surface area contributed by atoms with Gasteiger partial charge in [0.25, 0.3) is 5.91 Å². The highest BCUT2D eigenvalue weighted by Gasteiger charge is 2.32. The van der Waals surface area contributed by atoms with Crippen LogP contribution in [0.3, 0.4) is 0 Å². The number of hydrogen-bond donors (Lipinski definition) is 1. The van der Waals surface area contributed by atoms with Crippen LogP contribution >= 0.6 is 0 Å². The predicted molar refractivity (Wildman–Crippen MR) is 123 cm³/mol. The molecule has 1 heterocycles. The fourth-order valence-corrected chi connectivity index (χ4v) is 3.98. The molecule has 152 valence electrons. The number of amides is 1. The second-order valence-electron chi connectivity index (χ2n) is 7.52. The molecule has 4 rings (SSSR count). The first-order valence-electron chi connectivity index (χ1n) is 10.2. The maximum Gasteiger partial charge on any atom is 0.251 e. The Kier molecular flexibility index (Phi) is 5.84. The number of methoxy groups -OCH3 is 1. The van der Waals surface area contributed by atoms with E-state index in [1.165, 1.54) is 0 Å². The van der Waals surface area contributed by atoms with Crippen molar-refractivity contribution in [3.8, 4) is 5.75 Å². The lowest BCUT2D eigenvalue weighted by atomic mass is 9.91. The van der Waals surface area contributed by atoms with Crippen molar-refractivity contribution in [2.45, 2.75) is 25.4 Å². The first-order valence-corrected chi connectivity index (χ1v) is 10.2. The van der Waals surface area contributed by atoms with Crippen LogP contribution in [-0.2, 0) is 4.79 Å². The molecule has 1 aliphatic heterocycles. The minimum atomic E-state index is -0.0103. The molecular weight excluding hydrogens is 372 g/mol. The van der Waals surface area contributed by atoms with Gasteiger partial charge in [-0.1, -0.05) is 48.5 Å². The van der Waals surface area contributed by atoms with E-state index in [4.69, 9.17) is 4.74 Å². The molecule has 0 saturated heterocycles. The maximum absolute atomic E-state index is 13.1. The number of hydrogen-bond acceptors (Lipinski definition) is 3. The molecule has 3 aromatic rings. The van der Waals surface area contributed by atoms with Crippen LogP contribution in [0.4, 0.5) is 11.4 Å². The number of rotatable bonds is 5. The predicted octanol–water partition coefficient (Wildman–Crippen LogP) is 5.69. The van der Waals surface area contributed by atoms with Gasteiger partial charge in [-0.2, -0.15) is 0 Å². The Morgan fingerprint density at radius 3 is 2.43 bits per heavy atom. The summed E-state index contributed by atoms with van der Waals surface area (Å²) in [5, 5.41) is 3.63. The Morgan fingerprint density at radius 2 is 1.70 bits per heavy atom. The van der Waals surface area contributed by atoms with E-state index in [1.807, 2.05) is 71.6 Å². The largest absolute Gasteiger partial charge is 0.497 e. The number of ether oxygens (including phenoxy) is 1. The van der Waals surface area contributed by atoms with E-state index in [-0.39, 0.29) is 18.0 Å². The second kappa shape index (κ2) is 8.87. The lowest BCUT2D eigenvalue weighted by Gasteiger charge is -2.39. The van der Waals surface area contributed by atoms with Crippen LogP contribution in [-0.4, -0.2) is 19.1 Å². The molecule has 4 heteroatoms. The molecule has 0 aliphatic carbocycles. The Hall–Kier alpha value is -3.53. The molecule has 0 spiro atoms. The van der Waals surface area contributed by atoms with Gasteiger partial charge in [-0.25, -0.2) is 0 Å². The van der Waals surface area contributed by atoms with E-state index < -0.39 is 0 Å². The monoisotopic (exact) mass is 398 g/mol. The summed E-state index contributed by atoms with van der Waals surface area (Å²) in [5.74, 6) is 0.790. The van der Waals surface area contributed by atoms with Gasteiger partial charge in [-0.3, -0.25) is 4.79 Å². The molecule has 2 atom stereocenters. The van der Waals surface area contributed by atoms with Crippen LogP contribution in [0.2, 0.25) is 0 Å². The number of carbonyl (C=O) groups excluding carboxylic acids is 1. The summed E-state index contributed by atoms with van der Waals surface area (Å²) in [4.78, 5) is 15.0. The topological polar surface area (TPSA) is 41.6 Å². The molecule has 0 bridgehead atoms. The highest BCUT2D eigenvalue weighted by atomic mass is 16.5. The van der Waals surface area contributed by atoms with Gasteiger partial charge >= 0.3 is 0 Å². The first kappa shape index (κ1) is 19.8. The Labute approximate surface area is 177 Å². The van der Waals surface area contributed by atoms with Gasteiger partial charge in [0.1, 0.15) is 5.75 Å². The van der Waals surface area contributed by atoms with Crippen LogP contribution < -0.4 is 15.0 Å². The van der Waals surface area contributed by atoms with Crippen LogP contribution in [0, 0.1) is 0 Å². The van der Waals surface area contributed by atoms with Crippen molar-refractivity contribution in [2.75, 3.05) is 17.3 Å². The minimum absolute atomic E-state index is 0.0103. The SMILES string of the molecule is COc1ccc(/C=C\C(=O)N2c3ccccc3[C@@H](Nc3ccccc3)C[C@@H]2C)cc1. The standard InChI is InChI=1S/C26H26N2O2/c1-19-18-24(27-21-8-4-3-5-9-21)23-10-6-7-11-25(23)28(19)26(29)17-14-20-12-15-22(30-2)16-13-20/h3-17,19,24,27H,18H2,1-2H3/b17-14-/t19-,24-/m0/s1. The van der Waals surface area contributed by atoms with Crippen molar-refractivity contribution >= 4 is 23.4 Å². The third kappa shape index (κ3) is 4.23. The van der Waals surface area contributed by atoms with E-state index >= 15 is 0 Å². The van der Waals surface area contributed by atoms with Crippen molar-refractivity contribution in [3.05, 3.63) is 96.1 Å². The molecule has 0 radical (unpaired) electrons. The second-order valence-corrected chi connectivity index (χ2v) is 7.52. The van der Waals surface area contributed by atoms with Gasteiger partial charge in [0.15, 0.2) is 0 Å². The quantitative estimate of drug-likeness (QED) is 0.562. The molecule has 30 heavy (non-hydrogen) atoms. The van der Waals surface area contributed by atoms with Crippen molar-refractivity contribution < 1.29 is 9.53 Å². The van der Waals surface area contributed by atoms with E-state index in [9.17, 15) is 4.79 Å². The summed E-state index contributed by atoms with van der Waals surface area (Å²) in [7, 11) is 1.64. The van der Waals surface area contributed by atoms with Crippen LogP contribution in [0.1, 0.15) is 30.5 Å². The zero-order chi connectivity index (χ0) is 20.9. The molecule has 1 aliphatic rings. The highest BCUT2D eigenvalue weighted by Crippen LogP contribution is 2.39. The number of benzene rings is 3. The minimum Gasteiger partial charge on any atom is -0.497 e. The van der Waals surface area contributed by atoms with Gasteiger partial charge in [-0.05, 0) is 60.9 Å². The normalized spacial score (nSPS) is 18.1. The molecular formula is C26H26N2O2. The Bertz CT molecular complexity index is 1030. The summed E-state index contributed by atoms with van der Waals surface area (Å²) in [5.41, 5.74) is 4.16. The van der Waals surface area contributed by atoms with E-state index in [0.717, 1.165) is 34.7 Å². The Morgan fingerprint density at radius 1 is 1.00 bits per heavy atom. The average molecular weight is 399 g/mol. The number of para-hydroxylation sites is 2.